The zero-order chi connectivity index (χ0) is 18.0. The first-order valence-corrected chi connectivity index (χ1v) is 8.87. The molecule has 0 fully saturated rings. The number of alkyl carbamates (subject to hydrolysis) is 1. The largest absolute Gasteiger partial charge is 0.445 e. The number of benzene rings is 3. The first-order valence-electron chi connectivity index (χ1n) is 8.87. The molecule has 3 aromatic carbocycles. The predicted molar refractivity (Wildman–Crippen MR) is 104 cm³/mol. The van der Waals surface area contributed by atoms with Gasteiger partial charge >= 0.3 is 6.09 Å². The van der Waals surface area contributed by atoms with Gasteiger partial charge in [-0.15, -0.1) is 0 Å². The summed E-state index contributed by atoms with van der Waals surface area (Å²) in [7, 11) is 0. The molecule has 0 aliphatic carbocycles. The van der Waals surface area contributed by atoms with E-state index in [1.165, 1.54) is 5.56 Å². The van der Waals surface area contributed by atoms with Crippen LogP contribution in [0.1, 0.15) is 29.2 Å². The van der Waals surface area contributed by atoms with Crippen LogP contribution in [0.25, 0.3) is 0 Å². The number of rotatable bonds is 7. The van der Waals surface area contributed by atoms with Gasteiger partial charge in [-0.05, 0) is 29.5 Å². The number of hydrogen-bond acceptors (Lipinski definition) is 2. The number of carbonyl (C=O) groups is 1. The van der Waals surface area contributed by atoms with Crippen LogP contribution < -0.4 is 5.32 Å². The molecular weight excluding hydrogens is 322 g/mol. The minimum absolute atomic E-state index is 0.0836. The van der Waals surface area contributed by atoms with E-state index < -0.39 is 6.09 Å². The number of carbonyl (C=O) groups excluding carboxylic acids is 1. The van der Waals surface area contributed by atoms with E-state index in [9.17, 15) is 4.79 Å². The van der Waals surface area contributed by atoms with Crippen molar-refractivity contribution in [2.75, 3.05) is 0 Å². The normalized spacial score (nSPS) is 11.5. The SMILES string of the molecule is O=C(N[C@H](CCc1ccccc1)c1ccccc1)OCc1ccccc1. The molecule has 132 valence electrons. The maximum Gasteiger partial charge on any atom is 0.407 e. The minimum atomic E-state index is -0.393. The summed E-state index contributed by atoms with van der Waals surface area (Å²) in [6, 6.07) is 29.9. The van der Waals surface area contributed by atoms with Crippen LogP contribution in [0.4, 0.5) is 4.79 Å². The molecule has 26 heavy (non-hydrogen) atoms. The first kappa shape index (κ1) is 17.7. The van der Waals surface area contributed by atoms with E-state index in [2.05, 4.69) is 17.4 Å². The van der Waals surface area contributed by atoms with Crippen LogP contribution in [-0.2, 0) is 17.8 Å². The van der Waals surface area contributed by atoms with Gasteiger partial charge in [0.25, 0.3) is 0 Å². The van der Waals surface area contributed by atoms with Crippen LogP contribution >= 0.6 is 0 Å². The summed E-state index contributed by atoms with van der Waals surface area (Å²) in [5, 5.41) is 3.01. The molecule has 0 heterocycles. The summed E-state index contributed by atoms with van der Waals surface area (Å²) in [6.07, 6.45) is 1.31. The van der Waals surface area contributed by atoms with Gasteiger partial charge in [-0.3, -0.25) is 0 Å². The molecule has 1 N–H and O–H groups in total. The van der Waals surface area contributed by atoms with E-state index in [4.69, 9.17) is 4.74 Å². The Morgan fingerprint density at radius 1 is 0.769 bits per heavy atom. The molecule has 0 aromatic heterocycles. The first-order chi connectivity index (χ1) is 12.8. The molecule has 3 heteroatoms. The summed E-state index contributed by atoms with van der Waals surface area (Å²) in [4.78, 5) is 12.3. The van der Waals surface area contributed by atoms with Crippen molar-refractivity contribution in [3.63, 3.8) is 0 Å². The Balaban J connectivity index is 1.60. The van der Waals surface area contributed by atoms with Gasteiger partial charge in [0.1, 0.15) is 6.61 Å². The fourth-order valence-corrected chi connectivity index (χ4v) is 2.87. The molecule has 1 atom stereocenters. The van der Waals surface area contributed by atoms with E-state index in [0.717, 1.165) is 24.0 Å². The Kier molecular flexibility index (Phi) is 6.43. The lowest BCUT2D eigenvalue weighted by atomic mass is 9.99. The van der Waals surface area contributed by atoms with E-state index in [1.54, 1.807) is 0 Å². The molecule has 0 bridgehead atoms. The molecule has 0 aliphatic rings. The van der Waals surface area contributed by atoms with Crippen LogP contribution in [0.2, 0.25) is 0 Å². The predicted octanol–water partition coefficient (Wildman–Crippen LogP) is 5.29. The van der Waals surface area contributed by atoms with Gasteiger partial charge in [0.05, 0.1) is 6.04 Å². The highest BCUT2D eigenvalue weighted by Crippen LogP contribution is 2.19. The molecular formula is C23H23NO2. The smallest absolute Gasteiger partial charge is 0.407 e. The van der Waals surface area contributed by atoms with E-state index in [1.807, 2.05) is 78.9 Å². The second kappa shape index (κ2) is 9.42. The number of ether oxygens (including phenoxy) is 1. The third-order valence-electron chi connectivity index (χ3n) is 4.27. The summed E-state index contributed by atoms with van der Waals surface area (Å²) in [5.74, 6) is 0. The lowest BCUT2D eigenvalue weighted by Gasteiger charge is -2.19. The second-order valence-electron chi connectivity index (χ2n) is 6.19. The Labute approximate surface area is 154 Å². The van der Waals surface area contributed by atoms with Crippen LogP contribution in [0, 0.1) is 0 Å². The van der Waals surface area contributed by atoms with Crippen molar-refractivity contribution in [1.29, 1.82) is 0 Å². The molecule has 0 spiro atoms. The summed E-state index contributed by atoms with van der Waals surface area (Å²) >= 11 is 0. The number of amides is 1. The highest BCUT2D eigenvalue weighted by atomic mass is 16.5. The number of aryl methyl sites for hydroxylation is 1. The average molecular weight is 345 g/mol. The monoisotopic (exact) mass is 345 g/mol. The number of nitrogens with one attached hydrogen (secondary N) is 1. The Hall–Kier alpha value is -3.07. The lowest BCUT2D eigenvalue weighted by molar-refractivity contribution is 0.135. The van der Waals surface area contributed by atoms with E-state index in [-0.39, 0.29) is 12.6 Å². The topological polar surface area (TPSA) is 38.3 Å². The van der Waals surface area contributed by atoms with Crippen molar-refractivity contribution in [1.82, 2.24) is 5.32 Å². The summed E-state index contributed by atoms with van der Waals surface area (Å²) in [5.41, 5.74) is 3.32. The average Bonchev–Trinajstić information content (AvgIpc) is 2.72. The Morgan fingerprint density at radius 2 is 1.31 bits per heavy atom. The van der Waals surface area contributed by atoms with Gasteiger partial charge in [-0.1, -0.05) is 91.0 Å². The van der Waals surface area contributed by atoms with Crippen molar-refractivity contribution in [3.05, 3.63) is 108 Å². The van der Waals surface area contributed by atoms with Crippen molar-refractivity contribution >= 4 is 6.09 Å². The standard InChI is InChI=1S/C23H23NO2/c25-23(26-18-20-12-6-2-7-13-20)24-22(21-14-8-3-9-15-21)17-16-19-10-4-1-5-11-19/h1-15,22H,16-18H2,(H,24,25)/t22-/m1/s1. The van der Waals surface area contributed by atoms with Gasteiger partial charge in [-0.2, -0.15) is 0 Å². The zero-order valence-corrected chi connectivity index (χ0v) is 14.7. The molecule has 0 unspecified atom stereocenters. The lowest BCUT2D eigenvalue weighted by Crippen LogP contribution is -2.29. The van der Waals surface area contributed by atoms with Crippen molar-refractivity contribution in [3.8, 4) is 0 Å². The summed E-state index contributed by atoms with van der Waals surface area (Å²) in [6.45, 7) is 0.271. The highest BCUT2D eigenvalue weighted by Gasteiger charge is 2.15. The second-order valence-corrected chi connectivity index (χ2v) is 6.19. The van der Waals surface area contributed by atoms with E-state index in [0.29, 0.717) is 0 Å². The maximum absolute atomic E-state index is 12.3. The van der Waals surface area contributed by atoms with Crippen molar-refractivity contribution in [2.45, 2.75) is 25.5 Å². The Morgan fingerprint density at radius 3 is 1.92 bits per heavy atom. The molecule has 1 amide bonds. The molecule has 0 saturated carbocycles. The molecule has 0 saturated heterocycles. The van der Waals surface area contributed by atoms with E-state index >= 15 is 0 Å². The van der Waals surface area contributed by atoms with Gasteiger partial charge in [0.2, 0.25) is 0 Å². The van der Waals surface area contributed by atoms with Gasteiger partial charge in [0.15, 0.2) is 0 Å². The quantitative estimate of drug-likeness (QED) is 0.632. The van der Waals surface area contributed by atoms with Crippen LogP contribution in [0.3, 0.4) is 0 Å². The summed E-state index contributed by atoms with van der Waals surface area (Å²) < 4.78 is 5.38. The molecule has 0 aliphatic heterocycles. The van der Waals surface area contributed by atoms with Crippen LogP contribution in [0.15, 0.2) is 91.0 Å². The maximum atomic E-state index is 12.3. The van der Waals surface area contributed by atoms with Crippen molar-refractivity contribution < 1.29 is 9.53 Å². The minimum Gasteiger partial charge on any atom is -0.445 e. The fourth-order valence-electron chi connectivity index (χ4n) is 2.87. The van der Waals surface area contributed by atoms with Crippen LogP contribution in [0.5, 0.6) is 0 Å². The third kappa shape index (κ3) is 5.49. The van der Waals surface area contributed by atoms with Gasteiger partial charge in [0, 0.05) is 0 Å². The van der Waals surface area contributed by atoms with Crippen LogP contribution in [-0.4, -0.2) is 6.09 Å². The highest BCUT2D eigenvalue weighted by molar-refractivity contribution is 5.68. The molecule has 3 nitrogen and oxygen atoms in total. The molecule has 3 rings (SSSR count). The van der Waals surface area contributed by atoms with Gasteiger partial charge in [-0.25, -0.2) is 4.79 Å². The number of hydrogen-bond donors (Lipinski definition) is 1. The zero-order valence-electron chi connectivity index (χ0n) is 14.7. The Bertz CT molecular complexity index is 788. The third-order valence-corrected chi connectivity index (χ3v) is 4.27. The molecule has 3 aromatic rings. The fraction of sp³-hybridized carbons (Fsp3) is 0.174. The molecule has 0 radical (unpaired) electrons. The van der Waals surface area contributed by atoms with Crippen molar-refractivity contribution in [2.24, 2.45) is 0 Å². The van der Waals surface area contributed by atoms with Gasteiger partial charge < -0.3 is 10.1 Å².